The number of hydrogen-bond acceptors (Lipinski definition) is 2. The van der Waals surface area contributed by atoms with Crippen molar-refractivity contribution in [1.29, 1.82) is 0 Å². The van der Waals surface area contributed by atoms with Gasteiger partial charge in [0.05, 0.1) is 12.3 Å². The third kappa shape index (κ3) is 4.42. The summed E-state index contributed by atoms with van der Waals surface area (Å²) in [6.07, 6.45) is 0.871. The zero-order valence-electron chi connectivity index (χ0n) is 16.1. The third-order valence-electron chi connectivity index (χ3n) is 4.60. The van der Waals surface area contributed by atoms with Crippen molar-refractivity contribution < 1.29 is 9.22 Å². The van der Waals surface area contributed by atoms with Gasteiger partial charge < -0.3 is 9.33 Å². The standard InChI is InChI=1S/C22H25BrNO2Si/c1-16(15-26-27(22(2,3)4)18-10-6-5-7-11-18)21(25)24-14-13-17-9-8-12-19(23)20(17)24/h5-12H,1,13-15H2,2-4H3. The molecule has 0 fully saturated rings. The third-order valence-corrected chi connectivity index (χ3v) is 7.89. The van der Waals surface area contributed by atoms with Crippen molar-refractivity contribution in [3.8, 4) is 0 Å². The minimum absolute atomic E-state index is 0.0125. The van der Waals surface area contributed by atoms with Crippen LogP contribution in [0.1, 0.15) is 26.3 Å². The highest BCUT2D eigenvalue weighted by atomic mass is 79.9. The van der Waals surface area contributed by atoms with Crippen molar-refractivity contribution in [2.75, 3.05) is 18.1 Å². The molecule has 5 heteroatoms. The summed E-state index contributed by atoms with van der Waals surface area (Å²) in [7, 11) is -1.30. The summed E-state index contributed by atoms with van der Waals surface area (Å²) < 4.78 is 7.24. The number of para-hydroxylation sites is 1. The number of nitrogens with zero attached hydrogens (tertiary/aromatic N) is 1. The van der Waals surface area contributed by atoms with Crippen molar-refractivity contribution in [2.45, 2.75) is 32.2 Å². The van der Waals surface area contributed by atoms with Gasteiger partial charge in [-0.25, -0.2) is 0 Å². The molecule has 3 rings (SSSR count). The van der Waals surface area contributed by atoms with Crippen LogP contribution in [0.5, 0.6) is 0 Å². The SMILES string of the molecule is C=C(CO[Si](c1ccccc1)C(C)(C)C)C(=O)N1CCc2cccc(Br)c21. The highest BCUT2D eigenvalue weighted by molar-refractivity contribution is 9.10. The lowest BCUT2D eigenvalue weighted by Crippen LogP contribution is -2.43. The molecule has 1 radical (unpaired) electrons. The molecule has 0 aliphatic carbocycles. The van der Waals surface area contributed by atoms with E-state index in [1.54, 1.807) is 0 Å². The van der Waals surface area contributed by atoms with E-state index in [-0.39, 0.29) is 17.6 Å². The molecule has 0 spiro atoms. The number of benzene rings is 2. The highest BCUT2D eigenvalue weighted by Crippen LogP contribution is 2.36. The second-order valence-corrected chi connectivity index (χ2v) is 11.7. The first kappa shape index (κ1) is 20.1. The minimum atomic E-state index is -1.30. The lowest BCUT2D eigenvalue weighted by atomic mass is 10.2. The van der Waals surface area contributed by atoms with Crippen molar-refractivity contribution in [1.82, 2.24) is 0 Å². The monoisotopic (exact) mass is 442 g/mol. The largest absolute Gasteiger partial charge is 0.407 e. The average molecular weight is 443 g/mol. The fraction of sp³-hybridized carbons (Fsp3) is 0.318. The number of anilines is 1. The van der Waals surface area contributed by atoms with Crippen LogP contribution < -0.4 is 10.1 Å². The van der Waals surface area contributed by atoms with Crippen LogP contribution in [-0.2, 0) is 15.6 Å². The maximum absolute atomic E-state index is 13.0. The molecule has 0 saturated carbocycles. The predicted octanol–water partition coefficient (Wildman–Crippen LogP) is 4.61. The summed E-state index contributed by atoms with van der Waals surface area (Å²) in [6.45, 7) is 11.5. The van der Waals surface area contributed by atoms with Gasteiger partial charge in [0, 0.05) is 16.6 Å². The van der Waals surface area contributed by atoms with Crippen LogP contribution in [-0.4, -0.2) is 28.1 Å². The lowest BCUT2D eigenvalue weighted by molar-refractivity contribution is -0.115. The predicted molar refractivity (Wildman–Crippen MR) is 117 cm³/mol. The molecule has 0 N–H and O–H groups in total. The Hall–Kier alpha value is -1.69. The average Bonchev–Trinajstić information content (AvgIpc) is 3.06. The number of rotatable bonds is 5. The second kappa shape index (κ2) is 8.13. The Morgan fingerprint density at radius 1 is 1.19 bits per heavy atom. The van der Waals surface area contributed by atoms with Crippen LogP contribution >= 0.6 is 15.9 Å². The van der Waals surface area contributed by atoms with E-state index in [0.717, 1.165) is 16.6 Å². The van der Waals surface area contributed by atoms with Crippen LogP contribution in [0.4, 0.5) is 5.69 Å². The first-order valence-corrected chi connectivity index (χ1v) is 11.3. The summed E-state index contributed by atoms with van der Waals surface area (Å²) in [5.74, 6) is -0.0519. The molecule has 2 aromatic rings. The molecule has 141 valence electrons. The molecule has 1 aliphatic heterocycles. The van der Waals surface area contributed by atoms with E-state index in [1.165, 1.54) is 10.8 Å². The van der Waals surface area contributed by atoms with Crippen LogP contribution in [0.25, 0.3) is 0 Å². The summed E-state index contributed by atoms with van der Waals surface area (Å²) in [5.41, 5.74) is 2.66. The van der Waals surface area contributed by atoms with Gasteiger partial charge in [0.2, 0.25) is 0 Å². The summed E-state index contributed by atoms with van der Waals surface area (Å²) in [4.78, 5) is 14.8. The maximum atomic E-state index is 13.0. The number of hydrogen-bond donors (Lipinski definition) is 0. The molecular formula is C22H25BrNO2Si. The molecule has 0 bridgehead atoms. The van der Waals surface area contributed by atoms with E-state index in [9.17, 15) is 4.79 Å². The number of amides is 1. The number of carbonyl (C=O) groups excluding carboxylic acids is 1. The van der Waals surface area contributed by atoms with Gasteiger partial charge in [0.15, 0.2) is 0 Å². The minimum Gasteiger partial charge on any atom is -0.407 e. The smallest absolute Gasteiger partial charge is 0.255 e. The Kier molecular flexibility index (Phi) is 6.04. The van der Waals surface area contributed by atoms with E-state index >= 15 is 0 Å². The van der Waals surface area contributed by atoms with Crippen LogP contribution in [0.2, 0.25) is 5.04 Å². The van der Waals surface area contributed by atoms with Crippen LogP contribution in [0, 0.1) is 0 Å². The highest BCUT2D eigenvalue weighted by Gasteiger charge is 2.33. The Bertz CT molecular complexity index is 845. The molecule has 0 saturated heterocycles. The molecule has 1 heterocycles. The Balaban J connectivity index is 1.71. The van der Waals surface area contributed by atoms with E-state index < -0.39 is 9.04 Å². The normalized spacial score (nSPS) is 13.7. The molecule has 2 aromatic carbocycles. The molecule has 0 aromatic heterocycles. The Labute approximate surface area is 171 Å². The van der Waals surface area contributed by atoms with E-state index in [1.807, 2.05) is 35.2 Å². The van der Waals surface area contributed by atoms with E-state index in [4.69, 9.17) is 4.43 Å². The molecule has 1 amide bonds. The number of fused-ring (bicyclic) bond motifs is 1. The van der Waals surface area contributed by atoms with Gasteiger partial charge in [0.1, 0.15) is 0 Å². The van der Waals surface area contributed by atoms with Crippen molar-refractivity contribution in [3.63, 3.8) is 0 Å². The fourth-order valence-corrected chi connectivity index (χ4v) is 6.25. The molecule has 3 nitrogen and oxygen atoms in total. The topological polar surface area (TPSA) is 29.5 Å². The molecule has 1 aliphatic rings. The molecular weight excluding hydrogens is 418 g/mol. The van der Waals surface area contributed by atoms with Gasteiger partial charge in [-0.3, -0.25) is 4.79 Å². The first-order chi connectivity index (χ1) is 12.8. The Morgan fingerprint density at radius 2 is 1.89 bits per heavy atom. The van der Waals surface area contributed by atoms with Crippen molar-refractivity contribution >= 4 is 41.8 Å². The zero-order valence-corrected chi connectivity index (χ0v) is 18.7. The van der Waals surface area contributed by atoms with Crippen LogP contribution in [0.15, 0.2) is 65.2 Å². The molecule has 27 heavy (non-hydrogen) atoms. The zero-order chi connectivity index (χ0) is 19.6. The van der Waals surface area contributed by atoms with Gasteiger partial charge in [-0.1, -0.05) is 69.8 Å². The fourth-order valence-electron chi connectivity index (χ4n) is 3.35. The Morgan fingerprint density at radius 3 is 2.56 bits per heavy atom. The van der Waals surface area contributed by atoms with Gasteiger partial charge in [-0.2, -0.15) is 0 Å². The maximum Gasteiger partial charge on any atom is 0.255 e. The van der Waals surface area contributed by atoms with E-state index in [0.29, 0.717) is 12.1 Å². The second-order valence-electron chi connectivity index (χ2n) is 7.79. The summed E-state index contributed by atoms with van der Waals surface area (Å²) >= 11 is 3.57. The lowest BCUT2D eigenvalue weighted by Gasteiger charge is -2.29. The molecule has 0 unspecified atom stereocenters. The summed E-state index contributed by atoms with van der Waals surface area (Å²) in [6, 6.07) is 16.4. The number of carbonyl (C=O) groups is 1. The van der Waals surface area contributed by atoms with Crippen molar-refractivity contribution in [3.05, 3.63) is 70.7 Å². The summed E-state index contributed by atoms with van der Waals surface area (Å²) in [5, 5.41) is 1.23. The van der Waals surface area contributed by atoms with Gasteiger partial charge >= 0.3 is 0 Å². The van der Waals surface area contributed by atoms with Crippen molar-refractivity contribution in [2.24, 2.45) is 0 Å². The first-order valence-electron chi connectivity index (χ1n) is 9.11. The van der Waals surface area contributed by atoms with Gasteiger partial charge in [0.25, 0.3) is 14.9 Å². The van der Waals surface area contributed by atoms with Gasteiger partial charge in [-0.15, -0.1) is 0 Å². The quantitative estimate of drug-likeness (QED) is 0.499. The van der Waals surface area contributed by atoms with Crippen LogP contribution in [0.3, 0.4) is 0 Å². The van der Waals surface area contributed by atoms with E-state index in [2.05, 4.69) is 61.5 Å². The van der Waals surface area contributed by atoms with Gasteiger partial charge in [-0.05, 0) is 44.2 Å². The molecule has 0 atom stereocenters. The number of halogens is 1.